The standard InChI is InChI=1S/C42H77N3O8S/c1-3-5-7-9-11-13-15-17-19-21-23-25-27-29-36(46)39(42(52)53)45(40(49)35(33-54)44-37(47)32-31-34(43)41(50)51)38(48)30-28-26-24-22-20-18-16-14-12-10-8-6-4-2/h34-35,39,54H,3-33,43H2,1-2H3,(H,44,47)(H,50,51)(H,52,53). The average Bonchev–Trinajstić information content (AvgIpc) is 3.14. The van der Waals surface area contributed by atoms with Crippen LogP contribution in [0, 0.1) is 0 Å². The Bertz CT molecular complexity index is 1040. The van der Waals surface area contributed by atoms with E-state index in [1.165, 1.54) is 103 Å². The number of hydrogen-bond donors (Lipinski definition) is 5. The third-order valence-electron chi connectivity index (χ3n) is 10.1. The van der Waals surface area contributed by atoms with Crippen LogP contribution in [0.25, 0.3) is 0 Å². The summed E-state index contributed by atoms with van der Waals surface area (Å²) in [7, 11) is 0. The highest BCUT2D eigenvalue weighted by molar-refractivity contribution is 7.80. The Hall–Kier alpha value is -2.47. The van der Waals surface area contributed by atoms with Gasteiger partial charge in [0.2, 0.25) is 11.8 Å². The first-order valence-corrected chi connectivity index (χ1v) is 22.1. The first-order chi connectivity index (χ1) is 26.0. The summed E-state index contributed by atoms with van der Waals surface area (Å²) in [6.07, 6.45) is 28.0. The number of nitrogens with zero attached hydrogens (tertiary/aromatic N) is 1. The molecule has 0 radical (unpaired) electrons. The van der Waals surface area contributed by atoms with Crippen molar-refractivity contribution in [3.8, 4) is 0 Å². The van der Waals surface area contributed by atoms with E-state index in [-0.39, 0.29) is 31.4 Å². The molecule has 0 rings (SSSR count). The van der Waals surface area contributed by atoms with Gasteiger partial charge in [0.1, 0.15) is 12.1 Å². The molecule has 12 heteroatoms. The van der Waals surface area contributed by atoms with E-state index in [1.807, 2.05) is 0 Å². The molecule has 0 saturated heterocycles. The zero-order chi connectivity index (χ0) is 40.4. The summed E-state index contributed by atoms with van der Waals surface area (Å²) in [5.74, 6) is -6.37. The number of imide groups is 1. The summed E-state index contributed by atoms with van der Waals surface area (Å²) >= 11 is 4.17. The normalized spacial score (nSPS) is 12.9. The second-order valence-electron chi connectivity index (χ2n) is 15.1. The predicted molar refractivity (Wildman–Crippen MR) is 220 cm³/mol. The fraction of sp³-hybridized carbons (Fsp3) is 0.857. The van der Waals surface area contributed by atoms with Gasteiger partial charge in [-0.2, -0.15) is 12.6 Å². The minimum atomic E-state index is -2.01. The summed E-state index contributed by atoms with van der Waals surface area (Å²) in [6, 6.07) is -4.69. The number of carbonyl (C=O) groups is 6. The number of unbranched alkanes of at least 4 members (excludes halogenated alkanes) is 24. The van der Waals surface area contributed by atoms with E-state index < -0.39 is 53.6 Å². The summed E-state index contributed by atoms with van der Waals surface area (Å²) in [5, 5.41) is 21.6. The van der Waals surface area contributed by atoms with Crippen LogP contribution in [0.4, 0.5) is 0 Å². The van der Waals surface area contributed by atoms with E-state index >= 15 is 0 Å². The second-order valence-corrected chi connectivity index (χ2v) is 15.4. The number of ketones is 1. The third-order valence-corrected chi connectivity index (χ3v) is 10.5. The van der Waals surface area contributed by atoms with Gasteiger partial charge in [-0.1, -0.05) is 168 Å². The molecule has 0 aliphatic rings. The fourth-order valence-electron chi connectivity index (χ4n) is 6.68. The van der Waals surface area contributed by atoms with E-state index in [0.717, 1.165) is 51.4 Å². The van der Waals surface area contributed by atoms with Crippen LogP contribution in [0.3, 0.4) is 0 Å². The highest BCUT2D eigenvalue weighted by atomic mass is 32.1. The highest BCUT2D eigenvalue weighted by Gasteiger charge is 2.41. The lowest BCUT2D eigenvalue weighted by molar-refractivity contribution is -0.162. The molecule has 0 heterocycles. The molecule has 0 aliphatic carbocycles. The van der Waals surface area contributed by atoms with E-state index in [9.17, 15) is 33.9 Å². The number of carbonyl (C=O) groups excluding carboxylic acids is 4. The van der Waals surface area contributed by atoms with E-state index in [0.29, 0.717) is 17.7 Å². The third kappa shape index (κ3) is 26.4. The SMILES string of the molecule is CCCCCCCCCCCCCCCC(=O)C(C(=O)O)N(C(=O)CCCCCCCCCCCCCCC)C(=O)C(CS)NC(=O)CCC(N)C(=O)O. The van der Waals surface area contributed by atoms with Gasteiger partial charge in [-0.3, -0.25) is 28.9 Å². The molecule has 54 heavy (non-hydrogen) atoms. The lowest BCUT2D eigenvalue weighted by Gasteiger charge is -2.30. The molecule has 3 amide bonds. The molecule has 11 nitrogen and oxygen atoms in total. The highest BCUT2D eigenvalue weighted by Crippen LogP contribution is 2.18. The van der Waals surface area contributed by atoms with Crippen molar-refractivity contribution < 1.29 is 39.0 Å². The molecule has 0 aliphatic heterocycles. The van der Waals surface area contributed by atoms with Crippen molar-refractivity contribution in [2.45, 2.75) is 225 Å². The number of carboxylic acids is 2. The zero-order valence-electron chi connectivity index (χ0n) is 34.0. The van der Waals surface area contributed by atoms with Crippen LogP contribution in [-0.4, -0.2) is 74.4 Å². The van der Waals surface area contributed by atoms with Crippen LogP contribution in [0.2, 0.25) is 0 Å². The van der Waals surface area contributed by atoms with Crippen molar-refractivity contribution in [3.05, 3.63) is 0 Å². The van der Waals surface area contributed by atoms with Crippen molar-refractivity contribution in [2.75, 3.05) is 5.75 Å². The van der Waals surface area contributed by atoms with Crippen LogP contribution in [-0.2, 0) is 28.8 Å². The molecular weight excluding hydrogens is 707 g/mol. The molecule has 3 unspecified atom stereocenters. The van der Waals surface area contributed by atoms with Gasteiger partial charge in [0.25, 0.3) is 5.91 Å². The number of hydrogen-bond acceptors (Lipinski definition) is 8. The number of nitrogens with one attached hydrogen (secondary N) is 1. The number of rotatable bonds is 38. The zero-order valence-corrected chi connectivity index (χ0v) is 34.9. The van der Waals surface area contributed by atoms with Crippen molar-refractivity contribution in [1.29, 1.82) is 0 Å². The van der Waals surface area contributed by atoms with Crippen LogP contribution in [0.15, 0.2) is 0 Å². The number of amides is 3. The van der Waals surface area contributed by atoms with E-state index in [1.54, 1.807) is 0 Å². The lowest BCUT2D eigenvalue weighted by atomic mass is 10.0. The Morgan fingerprint density at radius 3 is 1.28 bits per heavy atom. The molecule has 0 aromatic carbocycles. The van der Waals surface area contributed by atoms with Gasteiger partial charge in [-0.05, 0) is 19.3 Å². The van der Waals surface area contributed by atoms with Crippen LogP contribution in [0.5, 0.6) is 0 Å². The minimum Gasteiger partial charge on any atom is -0.480 e. The smallest absolute Gasteiger partial charge is 0.334 e. The Kier molecular flexibility index (Phi) is 33.4. The van der Waals surface area contributed by atoms with Gasteiger partial charge < -0.3 is 21.3 Å². The number of Topliss-reactive ketones (excluding diaryl/α,β-unsaturated/α-hetero) is 1. The summed E-state index contributed by atoms with van der Waals surface area (Å²) < 4.78 is 0. The first-order valence-electron chi connectivity index (χ1n) is 21.5. The molecule has 0 aromatic rings. The molecule has 0 saturated carbocycles. The maximum atomic E-state index is 13.8. The molecule has 0 fully saturated rings. The monoisotopic (exact) mass is 784 g/mol. The Labute approximate surface area is 332 Å². The van der Waals surface area contributed by atoms with Gasteiger partial charge in [-0.15, -0.1) is 0 Å². The molecular formula is C42H77N3O8S. The molecule has 3 atom stereocenters. The second kappa shape index (κ2) is 35.0. The Balaban J connectivity index is 5.20. The minimum absolute atomic E-state index is 0.0878. The van der Waals surface area contributed by atoms with Gasteiger partial charge in [0.05, 0.1) is 0 Å². The first kappa shape index (κ1) is 51.5. The Morgan fingerprint density at radius 1 is 0.556 bits per heavy atom. The Morgan fingerprint density at radius 2 is 0.926 bits per heavy atom. The predicted octanol–water partition coefficient (Wildman–Crippen LogP) is 8.93. The van der Waals surface area contributed by atoms with Gasteiger partial charge in [-0.25, -0.2) is 4.79 Å². The number of nitrogens with two attached hydrogens (primary N) is 1. The quantitative estimate of drug-likeness (QED) is 0.0232. The molecule has 0 aromatic heterocycles. The molecule has 0 spiro atoms. The molecule has 0 bridgehead atoms. The van der Waals surface area contributed by atoms with Crippen molar-refractivity contribution in [1.82, 2.24) is 10.2 Å². The molecule has 5 N–H and O–H groups in total. The number of thiol groups is 1. The van der Waals surface area contributed by atoms with Gasteiger partial charge >= 0.3 is 11.9 Å². The van der Waals surface area contributed by atoms with E-state index in [2.05, 4.69) is 31.8 Å². The maximum Gasteiger partial charge on any atom is 0.334 e. The van der Waals surface area contributed by atoms with Crippen LogP contribution < -0.4 is 11.1 Å². The number of carboxylic acid groups (broad SMARTS) is 2. The topological polar surface area (TPSA) is 184 Å². The molecule has 314 valence electrons. The lowest BCUT2D eigenvalue weighted by Crippen LogP contribution is -2.59. The van der Waals surface area contributed by atoms with Crippen molar-refractivity contribution >= 4 is 48.1 Å². The van der Waals surface area contributed by atoms with Gasteiger partial charge in [0, 0.05) is 25.0 Å². The number of aliphatic carboxylic acids is 2. The van der Waals surface area contributed by atoms with Crippen molar-refractivity contribution in [2.24, 2.45) is 5.73 Å². The average molecular weight is 784 g/mol. The fourth-order valence-corrected chi connectivity index (χ4v) is 6.93. The van der Waals surface area contributed by atoms with Crippen LogP contribution in [0.1, 0.15) is 206 Å². The summed E-state index contributed by atoms with van der Waals surface area (Å²) in [6.45, 7) is 4.44. The van der Waals surface area contributed by atoms with E-state index in [4.69, 9.17) is 10.8 Å². The van der Waals surface area contributed by atoms with Gasteiger partial charge in [0.15, 0.2) is 11.8 Å². The summed E-state index contributed by atoms with van der Waals surface area (Å²) in [4.78, 5) is 77.5. The summed E-state index contributed by atoms with van der Waals surface area (Å²) in [5.41, 5.74) is 5.50. The largest absolute Gasteiger partial charge is 0.480 e. The van der Waals surface area contributed by atoms with Crippen molar-refractivity contribution in [3.63, 3.8) is 0 Å². The van der Waals surface area contributed by atoms with Crippen LogP contribution >= 0.6 is 12.6 Å². The maximum absolute atomic E-state index is 13.8.